The van der Waals surface area contributed by atoms with Crippen molar-refractivity contribution in [2.75, 3.05) is 7.11 Å². The van der Waals surface area contributed by atoms with Crippen LogP contribution >= 0.6 is 0 Å². The topological polar surface area (TPSA) is 48.7 Å². The van der Waals surface area contributed by atoms with Crippen molar-refractivity contribution in [2.45, 2.75) is 6.61 Å². The van der Waals surface area contributed by atoms with E-state index in [4.69, 9.17) is 14.5 Å². The van der Waals surface area contributed by atoms with Crippen molar-refractivity contribution < 1.29 is 9.47 Å². The zero-order valence-electron chi connectivity index (χ0n) is 17.1. The van der Waals surface area contributed by atoms with Crippen LogP contribution in [0, 0.1) is 0 Å². The molecule has 0 aliphatic rings. The number of hydrogen-bond donors (Lipinski definition) is 0. The normalized spacial score (nSPS) is 10.9. The third-order valence-corrected chi connectivity index (χ3v) is 5.12. The van der Waals surface area contributed by atoms with Crippen LogP contribution in [0.4, 0.5) is 0 Å². The Morgan fingerprint density at radius 2 is 1.65 bits per heavy atom. The van der Waals surface area contributed by atoms with Gasteiger partial charge >= 0.3 is 0 Å². The lowest BCUT2D eigenvalue weighted by Crippen LogP contribution is -1.98. The van der Waals surface area contributed by atoms with Gasteiger partial charge < -0.3 is 9.47 Å². The molecule has 0 aliphatic carbocycles. The maximum atomic E-state index is 6.16. The van der Waals surface area contributed by atoms with Crippen molar-refractivity contribution in [3.63, 3.8) is 0 Å². The maximum absolute atomic E-state index is 6.16. The molecule has 152 valence electrons. The Kier molecular flexibility index (Phi) is 5.07. The Labute approximate surface area is 180 Å². The predicted octanol–water partition coefficient (Wildman–Crippen LogP) is 5.65. The van der Waals surface area contributed by atoms with Crippen LogP contribution in [0.1, 0.15) is 5.56 Å². The average molecular weight is 407 g/mol. The second kappa shape index (κ2) is 8.32. The molecule has 31 heavy (non-hydrogen) atoms. The van der Waals surface area contributed by atoms with Gasteiger partial charge in [-0.3, -0.25) is 9.38 Å². The van der Waals surface area contributed by atoms with Gasteiger partial charge in [-0.2, -0.15) is 0 Å². The molecule has 0 N–H and O–H groups in total. The maximum Gasteiger partial charge on any atom is 0.180 e. The van der Waals surface area contributed by atoms with E-state index in [0.29, 0.717) is 6.61 Å². The molecule has 5 aromatic rings. The first-order chi connectivity index (χ1) is 15.3. The van der Waals surface area contributed by atoms with Gasteiger partial charge in [0.2, 0.25) is 0 Å². The molecule has 0 saturated carbocycles. The quantitative estimate of drug-likeness (QED) is 0.365. The van der Waals surface area contributed by atoms with Crippen molar-refractivity contribution in [3.8, 4) is 34.1 Å². The lowest BCUT2D eigenvalue weighted by molar-refractivity contribution is 0.308. The molecule has 5 heteroatoms. The van der Waals surface area contributed by atoms with Gasteiger partial charge in [-0.1, -0.05) is 36.4 Å². The minimum absolute atomic E-state index is 0.476. The first-order valence-electron chi connectivity index (χ1n) is 10.1. The van der Waals surface area contributed by atoms with Crippen molar-refractivity contribution >= 4 is 5.65 Å². The van der Waals surface area contributed by atoms with Crippen molar-refractivity contribution in [3.05, 3.63) is 103 Å². The zero-order chi connectivity index (χ0) is 21.0. The molecule has 0 bridgehead atoms. The highest BCUT2D eigenvalue weighted by Gasteiger charge is 2.19. The van der Waals surface area contributed by atoms with E-state index in [1.807, 2.05) is 91.1 Å². The van der Waals surface area contributed by atoms with E-state index in [1.54, 1.807) is 13.3 Å². The highest BCUT2D eigenvalue weighted by atomic mass is 16.5. The number of nitrogens with zero attached hydrogens (tertiary/aromatic N) is 3. The van der Waals surface area contributed by atoms with Gasteiger partial charge in [-0.05, 0) is 54.1 Å². The fourth-order valence-electron chi connectivity index (χ4n) is 3.60. The van der Waals surface area contributed by atoms with Crippen LogP contribution in [-0.2, 0) is 6.61 Å². The number of rotatable bonds is 6. The summed E-state index contributed by atoms with van der Waals surface area (Å²) in [6.45, 7) is 0.476. The van der Waals surface area contributed by atoms with Crippen LogP contribution in [0.25, 0.3) is 28.3 Å². The molecule has 0 aliphatic heterocycles. The molecule has 5 nitrogen and oxygen atoms in total. The summed E-state index contributed by atoms with van der Waals surface area (Å²) in [5.74, 6) is 1.53. The highest BCUT2D eigenvalue weighted by molar-refractivity contribution is 5.82. The van der Waals surface area contributed by atoms with Gasteiger partial charge in [-0.25, -0.2) is 4.98 Å². The van der Waals surface area contributed by atoms with Crippen LogP contribution in [0.3, 0.4) is 0 Å². The fourth-order valence-corrected chi connectivity index (χ4v) is 3.60. The Bertz CT molecular complexity index is 1300. The summed E-state index contributed by atoms with van der Waals surface area (Å²) in [6.07, 6.45) is 3.79. The van der Waals surface area contributed by atoms with Crippen LogP contribution in [0.5, 0.6) is 11.5 Å². The zero-order valence-corrected chi connectivity index (χ0v) is 17.1. The predicted molar refractivity (Wildman–Crippen MR) is 121 cm³/mol. The summed E-state index contributed by atoms with van der Waals surface area (Å²) >= 11 is 0. The molecule has 0 spiro atoms. The van der Waals surface area contributed by atoms with Gasteiger partial charge in [0.1, 0.15) is 18.1 Å². The summed E-state index contributed by atoms with van der Waals surface area (Å²) < 4.78 is 13.5. The number of fused-ring (bicyclic) bond motifs is 1. The third-order valence-electron chi connectivity index (χ3n) is 5.12. The molecular formula is C26H21N3O2. The average Bonchev–Trinajstić information content (AvgIpc) is 3.24. The lowest BCUT2D eigenvalue weighted by Gasteiger charge is -2.09. The second-order valence-corrected chi connectivity index (χ2v) is 7.09. The van der Waals surface area contributed by atoms with Crippen LogP contribution < -0.4 is 9.47 Å². The molecule has 0 unspecified atom stereocenters. The van der Waals surface area contributed by atoms with Crippen molar-refractivity contribution in [1.29, 1.82) is 0 Å². The van der Waals surface area contributed by atoms with E-state index < -0.39 is 0 Å². The minimum Gasteiger partial charge on any atom is -0.497 e. The molecule has 0 fully saturated rings. The molecule has 3 heterocycles. The number of hydrogen-bond acceptors (Lipinski definition) is 4. The summed E-state index contributed by atoms with van der Waals surface area (Å²) in [6, 6.07) is 27.9. The molecule has 5 rings (SSSR count). The number of aromatic nitrogens is 3. The molecule has 0 saturated heterocycles. The van der Waals surface area contributed by atoms with Gasteiger partial charge in [0.05, 0.1) is 18.5 Å². The van der Waals surface area contributed by atoms with Gasteiger partial charge in [0.15, 0.2) is 11.4 Å². The van der Waals surface area contributed by atoms with Crippen LogP contribution in [0.2, 0.25) is 0 Å². The minimum atomic E-state index is 0.476. The van der Waals surface area contributed by atoms with Crippen LogP contribution in [0.15, 0.2) is 97.3 Å². The summed E-state index contributed by atoms with van der Waals surface area (Å²) in [5, 5.41) is 0. The van der Waals surface area contributed by atoms with Gasteiger partial charge in [-0.15, -0.1) is 0 Å². The Hall–Kier alpha value is -4.12. The Morgan fingerprint density at radius 1 is 0.839 bits per heavy atom. The van der Waals surface area contributed by atoms with E-state index in [0.717, 1.165) is 45.4 Å². The fraction of sp³-hybridized carbons (Fsp3) is 0.0769. The lowest BCUT2D eigenvalue weighted by atomic mass is 10.1. The molecule has 2 aromatic carbocycles. The molecule has 0 atom stereocenters. The second-order valence-electron chi connectivity index (χ2n) is 7.09. The molecule has 0 amide bonds. The number of methoxy groups -OCH3 is 1. The van der Waals surface area contributed by atoms with Crippen LogP contribution in [-0.4, -0.2) is 21.5 Å². The first-order valence-corrected chi connectivity index (χ1v) is 10.1. The van der Waals surface area contributed by atoms with Gasteiger partial charge in [0, 0.05) is 18.0 Å². The molecular weight excluding hydrogens is 386 g/mol. The SMILES string of the molecule is COc1ccc(-c2c(-c3ccccn3)nc3c(OCc4ccccc4)cccn23)cc1. The van der Waals surface area contributed by atoms with E-state index in [-0.39, 0.29) is 0 Å². The van der Waals surface area contributed by atoms with Crippen molar-refractivity contribution in [2.24, 2.45) is 0 Å². The number of imidazole rings is 1. The van der Waals surface area contributed by atoms with Gasteiger partial charge in [0.25, 0.3) is 0 Å². The largest absolute Gasteiger partial charge is 0.497 e. The monoisotopic (exact) mass is 407 g/mol. The Balaban J connectivity index is 1.64. The molecule has 0 radical (unpaired) electrons. The number of pyridine rings is 2. The number of ether oxygens (including phenoxy) is 2. The summed E-state index contributed by atoms with van der Waals surface area (Å²) in [5.41, 5.74) is 5.46. The standard InChI is InChI=1S/C26H21N3O2/c1-30-21-14-12-20(13-15-21)25-24(22-10-5-6-16-27-22)28-26-23(11-7-17-29(25)26)31-18-19-8-3-2-4-9-19/h2-17H,18H2,1H3. The Morgan fingerprint density at radius 3 is 2.39 bits per heavy atom. The van der Waals surface area contributed by atoms with Crippen molar-refractivity contribution in [1.82, 2.24) is 14.4 Å². The van der Waals surface area contributed by atoms with E-state index >= 15 is 0 Å². The smallest absolute Gasteiger partial charge is 0.180 e. The number of benzene rings is 2. The summed E-state index contributed by atoms with van der Waals surface area (Å²) in [4.78, 5) is 9.50. The highest BCUT2D eigenvalue weighted by Crippen LogP contribution is 2.35. The molecule has 3 aromatic heterocycles. The van der Waals surface area contributed by atoms with E-state index in [1.165, 1.54) is 0 Å². The third kappa shape index (κ3) is 3.73. The van der Waals surface area contributed by atoms with E-state index in [9.17, 15) is 0 Å². The van der Waals surface area contributed by atoms with E-state index in [2.05, 4.69) is 9.38 Å². The summed E-state index contributed by atoms with van der Waals surface area (Å²) in [7, 11) is 1.67. The first kappa shape index (κ1) is 18.9.